The van der Waals surface area contributed by atoms with Crippen LogP contribution in [0.15, 0.2) is 12.5 Å². The lowest BCUT2D eigenvalue weighted by Gasteiger charge is -2.07. The van der Waals surface area contributed by atoms with Crippen molar-refractivity contribution in [2.45, 2.75) is 25.5 Å². The van der Waals surface area contributed by atoms with Crippen molar-refractivity contribution in [1.29, 1.82) is 0 Å². The zero-order valence-electron chi connectivity index (χ0n) is 7.68. The molecule has 0 saturated carbocycles. The van der Waals surface area contributed by atoms with Gasteiger partial charge in [-0.15, -0.1) is 0 Å². The van der Waals surface area contributed by atoms with Crippen molar-refractivity contribution in [3.63, 3.8) is 0 Å². The summed E-state index contributed by atoms with van der Waals surface area (Å²) in [5.74, 6) is 0.0628. The fourth-order valence-corrected chi connectivity index (χ4v) is 1.57. The van der Waals surface area contributed by atoms with Gasteiger partial charge in [0.2, 0.25) is 0 Å². The molecule has 1 saturated heterocycles. The van der Waals surface area contributed by atoms with Crippen LogP contribution in [0.3, 0.4) is 0 Å². The number of aliphatic hydroxyl groups is 1. The molecule has 72 valence electrons. The Morgan fingerprint density at radius 2 is 2.54 bits per heavy atom. The fourth-order valence-electron chi connectivity index (χ4n) is 1.57. The minimum absolute atomic E-state index is 0.0628. The molecule has 0 amide bonds. The van der Waals surface area contributed by atoms with Gasteiger partial charge in [-0.2, -0.15) is 0 Å². The molecule has 4 nitrogen and oxygen atoms in total. The number of nitrogens with zero attached hydrogens (tertiary/aromatic N) is 2. The molecule has 2 heterocycles. The summed E-state index contributed by atoms with van der Waals surface area (Å²) in [6.45, 7) is 4.00. The van der Waals surface area contributed by atoms with Crippen LogP contribution < -0.4 is 0 Å². The highest BCUT2D eigenvalue weighted by molar-refractivity contribution is 5.09. The van der Waals surface area contributed by atoms with Crippen molar-refractivity contribution in [2.75, 3.05) is 13.2 Å². The Hall–Kier alpha value is -0.870. The predicted molar refractivity (Wildman–Crippen MR) is 47.5 cm³/mol. The van der Waals surface area contributed by atoms with E-state index in [1.165, 1.54) is 0 Å². The quantitative estimate of drug-likeness (QED) is 0.719. The predicted octanol–water partition coefficient (Wildman–Crippen LogP) is 0.378. The van der Waals surface area contributed by atoms with Gasteiger partial charge in [0.1, 0.15) is 0 Å². The molecule has 1 aromatic rings. The van der Waals surface area contributed by atoms with Gasteiger partial charge in [0, 0.05) is 12.7 Å². The second kappa shape index (κ2) is 3.47. The van der Waals surface area contributed by atoms with Crippen LogP contribution in [0.25, 0.3) is 0 Å². The van der Waals surface area contributed by atoms with Crippen molar-refractivity contribution in [3.05, 3.63) is 18.2 Å². The summed E-state index contributed by atoms with van der Waals surface area (Å²) in [5, 5.41) is 9.55. The van der Waals surface area contributed by atoms with Crippen LogP contribution in [0.2, 0.25) is 0 Å². The lowest BCUT2D eigenvalue weighted by Crippen LogP contribution is -2.15. The average molecular weight is 182 g/mol. The Kier molecular flexibility index (Phi) is 2.33. The summed E-state index contributed by atoms with van der Waals surface area (Å²) in [6, 6.07) is 0. The van der Waals surface area contributed by atoms with Gasteiger partial charge >= 0.3 is 0 Å². The fraction of sp³-hybridized carbons (Fsp3) is 0.667. The second-order valence-electron chi connectivity index (χ2n) is 3.34. The molecule has 2 atom stereocenters. The SMILES string of the molecule is CCn1cnc([C@@H]2COC[C@H]2O)c1. The summed E-state index contributed by atoms with van der Waals surface area (Å²) in [4.78, 5) is 4.24. The van der Waals surface area contributed by atoms with Gasteiger partial charge in [-0.1, -0.05) is 0 Å². The zero-order valence-corrected chi connectivity index (χ0v) is 7.68. The Morgan fingerprint density at radius 3 is 3.08 bits per heavy atom. The molecule has 2 rings (SSSR count). The smallest absolute Gasteiger partial charge is 0.0949 e. The minimum Gasteiger partial charge on any atom is -0.390 e. The summed E-state index contributed by atoms with van der Waals surface area (Å²) in [5.41, 5.74) is 0.937. The maximum atomic E-state index is 9.55. The van der Waals surface area contributed by atoms with Gasteiger partial charge < -0.3 is 14.4 Å². The molecule has 0 radical (unpaired) electrons. The summed E-state index contributed by atoms with van der Waals surface area (Å²) in [6.07, 6.45) is 3.38. The van der Waals surface area contributed by atoms with E-state index in [2.05, 4.69) is 11.9 Å². The van der Waals surface area contributed by atoms with E-state index in [0.29, 0.717) is 13.2 Å². The monoisotopic (exact) mass is 182 g/mol. The number of hydrogen-bond donors (Lipinski definition) is 1. The molecule has 0 aromatic carbocycles. The van der Waals surface area contributed by atoms with Crippen LogP contribution in [-0.2, 0) is 11.3 Å². The highest BCUT2D eigenvalue weighted by atomic mass is 16.5. The molecule has 1 fully saturated rings. The number of aromatic nitrogens is 2. The third-order valence-electron chi connectivity index (χ3n) is 2.45. The third-order valence-corrected chi connectivity index (χ3v) is 2.45. The lowest BCUT2D eigenvalue weighted by molar-refractivity contribution is 0.124. The van der Waals surface area contributed by atoms with Gasteiger partial charge in [-0.25, -0.2) is 4.98 Å². The van der Waals surface area contributed by atoms with E-state index in [-0.39, 0.29) is 12.0 Å². The van der Waals surface area contributed by atoms with Gasteiger partial charge in [-0.05, 0) is 6.92 Å². The molecule has 0 bridgehead atoms. The highest BCUT2D eigenvalue weighted by Crippen LogP contribution is 2.23. The Bertz CT molecular complexity index is 285. The van der Waals surface area contributed by atoms with Crippen molar-refractivity contribution in [2.24, 2.45) is 0 Å². The summed E-state index contributed by atoms with van der Waals surface area (Å²) in [7, 11) is 0. The van der Waals surface area contributed by atoms with Crippen molar-refractivity contribution in [3.8, 4) is 0 Å². The zero-order chi connectivity index (χ0) is 9.26. The van der Waals surface area contributed by atoms with Crippen LogP contribution >= 0.6 is 0 Å². The van der Waals surface area contributed by atoms with Gasteiger partial charge in [0.15, 0.2) is 0 Å². The van der Waals surface area contributed by atoms with E-state index in [9.17, 15) is 5.11 Å². The van der Waals surface area contributed by atoms with E-state index >= 15 is 0 Å². The first-order chi connectivity index (χ1) is 6.31. The Balaban J connectivity index is 2.15. The van der Waals surface area contributed by atoms with Crippen molar-refractivity contribution < 1.29 is 9.84 Å². The Labute approximate surface area is 77.2 Å². The second-order valence-corrected chi connectivity index (χ2v) is 3.34. The molecule has 0 unspecified atom stereocenters. The Morgan fingerprint density at radius 1 is 1.69 bits per heavy atom. The van der Waals surface area contributed by atoms with Crippen molar-refractivity contribution >= 4 is 0 Å². The molecule has 4 heteroatoms. The minimum atomic E-state index is -0.389. The summed E-state index contributed by atoms with van der Waals surface area (Å²) < 4.78 is 7.17. The number of aliphatic hydroxyl groups excluding tert-OH is 1. The summed E-state index contributed by atoms with van der Waals surface area (Å²) >= 11 is 0. The largest absolute Gasteiger partial charge is 0.390 e. The third kappa shape index (κ3) is 1.59. The number of imidazole rings is 1. The average Bonchev–Trinajstić information content (AvgIpc) is 2.71. The van der Waals surface area contributed by atoms with Crippen LogP contribution in [0.4, 0.5) is 0 Å². The van der Waals surface area contributed by atoms with E-state index in [1.807, 2.05) is 10.8 Å². The topological polar surface area (TPSA) is 47.3 Å². The number of hydrogen-bond acceptors (Lipinski definition) is 3. The van der Waals surface area contributed by atoms with E-state index in [4.69, 9.17) is 4.74 Å². The van der Waals surface area contributed by atoms with E-state index < -0.39 is 0 Å². The first kappa shape index (κ1) is 8.72. The molecular formula is C9H14N2O2. The highest BCUT2D eigenvalue weighted by Gasteiger charge is 2.29. The molecule has 1 aliphatic rings. The maximum absolute atomic E-state index is 9.55. The molecule has 1 aliphatic heterocycles. The molecular weight excluding hydrogens is 168 g/mol. The molecule has 1 aromatic heterocycles. The maximum Gasteiger partial charge on any atom is 0.0949 e. The molecule has 0 spiro atoms. The lowest BCUT2D eigenvalue weighted by atomic mass is 10.0. The standard InChI is InChI=1S/C9H14N2O2/c1-2-11-3-8(10-6-11)7-4-13-5-9(7)12/h3,6-7,9,12H,2,4-5H2,1H3/t7-,9+/m0/s1. The van der Waals surface area contributed by atoms with Crippen LogP contribution in [-0.4, -0.2) is 34.0 Å². The molecule has 13 heavy (non-hydrogen) atoms. The van der Waals surface area contributed by atoms with Gasteiger partial charge in [0.25, 0.3) is 0 Å². The van der Waals surface area contributed by atoms with E-state index in [1.54, 1.807) is 6.33 Å². The molecule has 1 N–H and O–H groups in total. The first-order valence-corrected chi connectivity index (χ1v) is 4.58. The van der Waals surface area contributed by atoms with Crippen molar-refractivity contribution in [1.82, 2.24) is 9.55 Å². The number of rotatable bonds is 2. The first-order valence-electron chi connectivity index (χ1n) is 4.58. The number of ether oxygens (including phenoxy) is 1. The molecule has 0 aliphatic carbocycles. The van der Waals surface area contributed by atoms with Crippen LogP contribution in [0.1, 0.15) is 18.5 Å². The van der Waals surface area contributed by atoms with E-state index in [0.717, 1.165) is 12.2 Å². The van der Waals surface area contributed by atoms with Crippen LogP contribution in [0.5, 0.6) is 0 Å². The van der Waals surface area contributed by atoms with Gasteiger partial charge in [-0.3, -0.25) is 0 Å². The van der Waals surface area contributed by atoms with Gasteiger partial charge in [0.05, 0.1) is 37.3 Å². The number of aryl methyl sites for hydroxylation is 1. The normalized spacial score (nSPS) is 28.2. The van der Waals surface area contributed by atoms with Crippen LogP contribution in [0, 0.1) is 0 Å².